The number of amides is 2. The highest BCUT2D eigenvalue weighted by Crippen LogP contribution is 2.34. The highest BCUT2D eigenvalue weighted by atomic mass is 16.4. The summed E-state index contributed by atoms with van der Waals surface area (Å²) in [5, 5.41) is 14.2. The number of carbonyl (C=O) groups excluding carboxylic acids is 3. The van der Waals surface area contributed by atoms with E-state index in [2.05, 4.69) is 47.0 Å². The van der Waals surface area contributed by atoms with Crippen LogP contribution in [-0.4, -0.2) is 40.8 Å². The smallest absolute Gasteiger partial charge is 0.325 e. The lowest BCUT2D eigenvalue weighted by atomic mass is 9.96. The first-order valence-electron chi connectivity index (χ1n) is 14.5. The van der Waals surface area contributed by atoms with Gasteiger partial charge in [0.1, 0.15) is 6.04 Å². The SMILES string of the molecule is CC(=O)[C@H](C)NC(=O)[C@@H]1CC[C@@H](Cc2ccccc2)C1.C[C@H](NC(=O)[C@@H]1CC[C@@H](Cc2ccccc2)C1)C(=O)O. The molecule has 0 saturated heterocycles. The average Bonchev–Trinajstić information content (AvgIpc) is 3.60. The molecule has 6 atom stereocenters. The molecule has 0 spiro atoms. The Morgan fingerprint density at radius 2 is 1.10 bits per heavy atom. The summed E-state index contributed by atoms with van der Waals surface area (Å²) in [6, 6.07) is 19.5. The van der Waals surface area contributed by atoms with E-state index in [-0.39, 0.29) is 35.5 Å². The maximum atomic E-state index is 12.1. The van der Waals surface area contributed by atoms with Crippen molar-refractivity contribution in [1.29, 1.82) is 0 Å². The molecule has 0 aromatic heterocycles. The van der Waals surface area contributed by atoms with E-state index in [0.29, 0.717) is 11.8 Å². The maximum Gasteiger partial charge on any atom is 0.325 e. The topological polar surface area (TPSA) is 113 Å². The van der Waals surface area contributed by atoms with E-state index in [1.165, 1.54) is 25.0 Å². The van der Waals surface area contributed by atoms with E-state index in [1.807, 2.05) is 24.3 Å². The Morgan fingerprint density at radius 3 is 1.48 bits per heavy atom. The molecule has 0 aliphatic heterocycles. The number of aliphatic carboxylic acids is 1. The third kappa shape index (κ3) is 9.92. The molecule has 2 aliphatic rings. The molecule has 0 unspecified atom stereocenters. The number of hydrogen-bond acceptors (Lipinski definition) is 4. The minimum Gasteiger partial charge on any atom is -0.480 e. The van der Waals surface area contributed by atoms with Gasteiger partial charge in [-0.2, -0.15) is 0 Å². The Labute approximate surface area is 238 Å². The van der Waals surface area contributed by atoms with Gasteiger partial charge in [-0.1, -0.05) is 60.7 Å². The van der Waals surface area contributed by atoms with Crippen LogP contribution >= 0.6 is 0 Å². The average molecular weight is 549 g/mol. The van der Waals surface area contributed by atoms with E-state index in [1.54, 1.807) is 6.92 Å². The summed E-state index contributed by atoms with van der Waals surface area (Å²) in [6.45, 7) is 4.76. The number of Topliss-reactive ketones (excluding diaryl/α,β-unsaturated/α-hetero) is 1. The van der Waals surface area contributed by atoms with Crippen LogP contribution in [0.5, 0.6) is 0 Å². The van der Waals surface area contributed by atoms with Crippen LogP contribution in [0.25, 0.3) is 0 Å². The summed E-state index contributed by atoms with van der Waals surface area (Å²) in [4.78, 5) is 46.0. The Hall–Kier alpha value is -3.48. The third-order valence-electron chi connectivity index (χ3n) is 8.26. The second-order valence-corrected chi connectivity index (χ2v) is 11.5. The van der Waals surface area contributed by atoms with Crippen molar-refractivity contribution in [2.45, 2.75) is 84.2 Å². The molecule has 0 bridgehead atoms. The zero-order chi connectivity index (χ0) is 29.1. The molecule has 7 heteroatoms. The van der Waals surface area contributed by atoms with Crippen molar-refractivity contribution in [2.75, 3.05) is 0 Å². The molecule has 3 N–H and O–H groups in total. The Balaban J connectivity index is 0.000000220. The largest absolute Gasteiger partial charge is 0.480 e. The second kappa shape index (κ2) is 15.3. The van der Waals surface area contributed by atoms with Gasteiger partial charge in [-0.3, -0.25) is 19.2 Å². The van der Waals surface area contributed by atoms with E-state index in [0.717, 1.165) is 51.4 Å². The summed E-state index contributed by atoms with van der Waals surface area (Å²) in [5.74, 6) is 0.0955. The van der Waals surface area contributed by atoms with Gasteiger partial charge in [-0.15, -0.1) is 0 Å². The van der Waals surface area contributed by atoms with Gasteiger partial charge in [0.2, 0.25) is 11.8 Å². The molecule has 0 heterocycles. The number of carboxylic acids is 1. The monoisotopic (exact) mass is 548 g/mol. The van der Waals surface area contributed by atoms with Crippen LogP contribution < -0.4 is 10.6 Å². The molecule has 2 aromatic carbocycles. The van der Waals surface area contributed by atoms with Crippen molar-refractivity contribution in [2.24, 2.45) is 23.7 Å². The molecule has 2 amide bonds. The van der Waals surface area contributed by atoms with E-state index < -0.39 is 12.0 Å². The number of rotatable bonds is 10. The quantitative estimate of drug-likeness (QED) is 0.388. The molecule has 2 aliphatic carbocycles. The summed E-state index contributed by atoms with van der Waals surface area (Å²) in [5.41, 5.74) is 2.65. The Morgan fingerprint density at radius 1 is 0.700 bits per heavy atom. The zero-order valence-corrected chi connectivity index (χ0v) is 24.0. The van der Waals surface area contributed by atoms with Crippen LogP contribution in [0.2, 0.25) is 0 Å². The number of carboxylic acid groups (broad SMARTS) is 1. The van der Waals surface area contributed by atoms with E-state index in [9.17, 15) is 19.2 Å². The van der Waals surface area contributed by atoms with Crippen LogP contribution in [0, 0.1) is 23.7 Å². The number of nitrogens with one attached hydrogen (secondary N) is 2. The van der Waals surface area contributed by atoms with Crippen molar-refractivity contribution >= 4 is 23.6 Å². The zero-order valence-electron chi connectivity index (χ0n) is 24.0. The predicted octanol–water partition coefficient (Wildman–Crippen LogP) is 4.97. The second-order valence-electron chi connectivity index (χ2n) is 11.5. The van der Waals surface area contributed by atoms with Crippen molar-refractivity contribution in [3.05, 3.63) is 71.8 Å². The van der Waals surface area contributed by atoms with Crippen molar-refractivity contribution < 1.29 is 24.3 Å². The standard InChI is InChI=1S/C17H23NO2.C16H21NO3/c1-12(13(2)19)18-17(20)16-9-8-15(11-16)10-14-6-4-3-5-7-14;1-11(16(19)20)17-15(18)14-8-7-13(10-14)9-12-5-3-2-4-6-12/h3-7,12,15-16H,8-11H2,1-2H3,(H,18,20);2-6,11,13-14H,7-10H2,1H3,(H,17,18)(H,19,20)/t12-,15-,16+;11-,13-,14+/m00/s1. The number of carbonyl (C=O) groups is 4. The van der Waals surface area contributed by atoms with Gasteiger partial charge < -0.3 is 15.7 Å². The third-order valence-corrected chi connectivity index (χ3v) is 8.26. The number of ketones is 1. The van der Waals surface area contributed by atoms with E-state index in [4.69, 9.17) is 5.11 Å². The summed E-state index contributed by atoms with van der Waals surface area (Å²) in [6.07, 6.45) is 7.77. The van der Waals surface area contributed by atoms with Gasteiger partial charge in [0.25, 0.3) is 0 Å². The molecule has 2 saturated carbocycles. The van der Waals surface area contributed by atoms with Crippen molar-refractivity contribution in [3.63, 3.8) is 0 Å². The van der Waals surface area contributed by atoms with Gasteiger partial charge in [-0.05, 0) is 95.1 Å². The maximum absolute atomic E-state index is 12.1. The first-order valence-corrected chi connectivity index (χ1v) is 14.5. The lowest BCUT2D eigenvalue weighted by molar-refractivity contribution is -0.141. The van der Waals surface area contributed by atoms with Crippen LogP contribution in [-0.2, 0) is 32.0 Å². The first-order chi connectivity index (χ1) is 19.1. The predicted molar refractivity (Wildman–Crippen MR) is 155 cm³/mol. The fourth-order valence-electron chi connectivity index (χ4n) is 5.72. The van der Waals surface area contributed by atoms with Crippen molar-refractivity contribution in [1.82, 2.24) is 10.6 Å². The summed E-state index contributed by atoms with van der Waals surface area (Å²) < 4.78 is 0. The van der Waals surface area contributed by atoms with Crippen molar-refractivity contribution in [3.8, 4) is 0 Å². The van der Waals surface area contributed by atoms with Crippen LogP contribution in [0.3, 0.4) is 0 Å². The molecule has 7 nitrogen and oxygen atoms in total. The molecule has 216 valence electrons. The Bertz CT molecular complexity index is 1030. The highest BCUT2D eigenvalue weighted by Gasteiger charge is 2.32. The molecule has 2 fully saturated rings. The lowest BCUT2D eigenvalue weighted by Gasteiger charge is -2.15. The molecule has 40 heavy (non-hydrogen) atoms. The normalized spacial score (nSPS) is 23.3. The summed E-state index contributed by atoms with van der Waals surface area (Å²) in [7, 11) is 0. The van der Waals surface area contributed by atoms with Gasteiger partial charge >= 0.3 is 5.97 Å². The molecule has 2 aromatic rings. The molecular weight excluding hydrogens is 504 g/mol. The van der Waals surface area contributed by atoms with Crippen LogP contribution in [0.1, 0.15) is 70.4 Å². The first kappa shape index (κ1) is 31.1. The minimum atomic E-state index is -0.989. The lowest BCUT2D eigenvalue weighted by Crippen LogP contribution is -2.41. The van der Waals surface area contributed by atoms with Crippen LogP contribution in [0.15, 0.2) is 60.7 Å². The number of hydrogen-bond donors (Lipinski definition) is 3. The van der Waals surface area contributed by atoms with Crippen LogP contribution in [0.4, 0.5) is 0 Å². The Kier molecular flexibility index (Phi) is 11.9. The molecule has 4 rings (SSSR count). The fourth-order valence-corrected chi connectivity index (χ4v) is 5.72. The number of benzene rings is 2. The van der Waals surface area contributed by atoms with E-state index >= 15 is 0 Å². The fraction of sp³-hybridized carbons (Fsp3) is 0.515. The van der Waals surface area contributed by atoms with Gasteiger partial charge in [0, 0.05) is 11.8 Å². The van der Waals surface area contributed by atoms with Gasteiger partial charge in [-0.25, -0.2) is 0 Å². The minimum absolute atomic E-state index is 0.0113. The van der Waals surface area contributed by atoms with Gasteiger partial charge in [0.15, 0.2) is 5.78 Å². The highest BCUT2D eigenvalue weighted by molar-refractivity contribution is 5.88. The summed E-state index contributed by atoms with van der Waals surface area (Å²) >= 11 is 0. The molecular formula is C33H44N2O5. The molecule has 0 radical (unpaired) electrons. The van der Waals surface area contributed by atoms with Gasteiger partial charge in [0.05, 0.1) is 6.04 Å².